The minimum absolute atomic E-state index is 0. The Morgan fingerprint density at radius 2 is 1.88 bits per heavy atom. The molecule has 0 amide bonds. The molecule has 1 unspecified atom stereocenters. The number of aliphatic imine (C=N–C) groups is 1. The average molecular weight is 553 g/mol. The number of nitrogens with one attached hydrogen (secondary N) is 2. The molecule has 176 valence electrons. The van der Waals surface area contributed by atoms with E-state index in [0.717, 1.165) is 56.0 Å². The molecule has 0 bridgehead atoms. The SMILES string of the molecule is CN=C(NCc1cccnc1N1CCOCC1)NC(C)c1ccc(OCC(C)C)cc1.I. The van der Waals surface area contributed by atoms with Crippen LogP contribution in [0.1, 0.15) is 37.9 Å². The molecule has 1 saturated heterocycles. The lowest BCUT2D eigenvalue weighted by Gasteiger charge is -2.29. The molecule has 1 aromatic carbocycles. The number of rotatable bonds is 8. The van der Waals surface area contributed by atoms with Gasteiger partial charge >= 0.3 is 0 Å². The van der Waals surface area contributed by atoms with Gasteiger partial charge in [-0.05, 0) is 36.6 Å². The van der Waals surface area contributed by atoms with Gasteiger partial charge in [-0.3, -0.25) is 4.99 Å². The molecular weight excluding hydrogens is 517 g/mol. The van der Waals surface area contributed by atoms with E-state index in [9.17, 15) is 0 Å². The molecule has 1 aliphatic heterocycles. The number of pyridine rings is 1. The van der Waals surface area contributed by atoms with E-state index < -0.39 is 0 Å². The second-order valence-corrected chi connectivity index (χ2v) is 8.15. The Morgan fingerprint density at radius 1 is 1.16 bits per heavy atom. The number of anilines is 1. The van der Waals surface area contributed by atoms with E-state index in [1.54, 1.807) is 7.05 Å². The van der Waals surface area contributed by atoms with Gasteiger partial charge in [0.15, 0.2) is 5.96 Å². The van der Waals surface area contributed by atoms with Crippen LogP contribution in [0.15, 0.2) is 47.6 Å². The van der Waals surface area contributed by atoms with Crippen LogP contribution >= 0.6 is 24.0 Å². The molecule has 0 aliphatic carbocycles. The molecule has 8 heteroatoms. The first-order chi connectivity index (χ1) is 15.1. The molecule has 3 rings (SSSR count). The number of benzene rings is 1. The molecule has 2 N–H and O–H groups in total. The summed E-state index contributed by atoms with van der Waals surface area (Å²) in [7, 11) is 1.79. The summed E-state index contributed by atoms with van der Waals surface area (Å²) in [5.41, 5.74) is 2.32. The summed E-state index contributed by atoms with van der Waals surface area (Å²) in [5, 5.41) is 6.89. The second-order valence-electron chi connectivity index (χ2n) is 8.15. The van der Waals surface area contributed by atoms with Crippen LogP contribution in [-0.4, -0.2) is 50.9 Å². The molecule has 32 heavy (non-hydrogen) atoms. The number of nitrogens with zero attached hydrogens (tertiary/aromatic N) is 3. The summed E-state index contributed by atoms with van der Waals surface area (Å²) < 4.78 is 11.3. The van der Waals surface area contributed by atoms with Crippen molar-refractivity contribution in [3.63, 3.8) is 0 Å². The third kappa shape index (κ3) is 7.81. The number of guanidine groups is 1. The number of hydrogen-bond acceptors (Lipinski definition) is 5. The molecule has 2 aromatic rings. The molecule has 0 saturated carbocycles. The van der Waals surface area contributed by atoms with Crippen LogP contribution in [0.25, 0.3) is 0 Å². The van der Waals surface area contributed by atoms with Crippen LogP contribution < -0.4 is 20.3 Å². The lowest BCUT2D eigenvalue weighted by Crippen LogP contribution is -2.40. The van der Waals surface area contributed by atoms with Gasteiger partial charge < -0.3 is 25.0 Å². The average Bonchev–Trinajstić information content (AvgIpc) is 2.81. The second kappa shape index (κ2) is 13.5. The molecule has 0 radical (unpaired) electrons. The molecular formula is C24H36IN5O2. The lowest BCUT2D eigenvalue weighted by atomic mass is 10.1. The number of halogens is 1. The van der Waals surface area contributed by atoms with Crippen molar-refractivity contribution in [3.05, 3.63) is 53.7 Å². The van der Waals surface area contributed by atoms with Crippen molar-refractivity contribution in [2.45, 2.75) is 33.4 Å². The maximum absolute atomic E-state index is 5.78. The largest absolute Gasteiger partial charge is 0.493 e. The normalized spacial score (nSPS) is 15.2. The van der Waals surface area contributed by atoms with E-state index in [2.05, 4.69) is 64.5 Å². The van der Waals surface area contributed by atoms with Crippen molar-refractivity contribution in [2.24, 2.45) is 10.9 Å². The maximum Gasteiger partial charge on any atom is 0.191 e. The van der Waals surface area contributed by atoms with Crippen LogP contribution in [0.3, 0.4) is 0 Å². The fourth-order valence-electron chi connectivity index (χ4n) is 3.41. The Balaban J connectivity index is 0.00000363. The van der Waals surface area contributed by atoms with Gasteiger partial charge in [-0.2, -0.15) is 0 Å². The molecule has 1 fully saturated rings. The zero-order chi connectivity index (χ0) is 22.1. The van der Waals surface area contributed by atoms with Crippen LogP contribution in [0.4, 0.5) is 5.82 Å². The predicted octanol–water partition coefficient (Wildman–Crippen LogP) is 4.00. The Labute approximate surface area is 209 Å². The Kier molecular flexibility index (Phi) is 11.0. The minimum Gasteiger partial charge on any atom is -0.493 e. The molecule has 2 heterocycles. The van der Waals surface area contributed by atoms with Gasteiger partial charge in [0.2, 0.25) is 0 Å². The van der Waals surface area contributed by atoms with E-state index in [1.807, 2.05) is 24.4 Å². The first-order valence-corrected chi connectivity index (χ1v) is 11.0. The quantitative estimate of drug-likeness (QED) is 0.293. The van der Waals surface area contributed by atoms with Crippen LogP contribution in [0, 0.1) is 5.92 Å². The van der Waals surface area contributed by atoms with E-state index in [-0.39, 0.29) is 30.0 Å². The predicted molar refractivity (Wildman–Crippen MR) is 141 cm³/mol. The van der Waals surface area contributed by atoms with Crippen molar-refractivity contribution in [2.75, 3.05) is 44.9 Å². The monoisotopic (exact) mass is 553 g/mol. The zero-order valence-corrected chi connectivity index (χ0v) is 21.8. The number of morpholine rings is 1. The van der Waals surface area contributed by atoms with Gasteiger partial charge in [0.25, 0.3) is 0 Å². The Bertz CT molecular complexity index is 839. The van der Waals surface area contributed by atoms with Crippen LogP contribution in [-0.2, 0) is 11.3 Å². The highest BCUT2D eigenvalue weighted by Crippen LogP contribution is 2.19. The van der Waals surface area contributed by atoms with Gasteiger partial charge in [-0.1, -0.05) is 32.0 Å². The molecule has 1 aromatic heterocycles. The van der Waals surface area contributed by atoms with Gasteiger partial charge in [0.1, 0.15) is 11.6 Å². The highest BCUT2D eigenvalue weighted by molar-refractivity contribution is 14.0. The summed E-state index contributed by atoms with van der Waals surface area (Å²) in [4.78, 5) is 11.3. The Hall–Kier alpha value is -2.07. The Morgan fingerprint density at radius 3 is 2.53 bits per heavy atom. The van der Waals surface area contributed by atoms with Crippen LogP contribution in [0.2, 0.25) is 0 Å². The smallest absolute Gasteiger partial charge is 0.191 e. The van der Waals surface area contributed by atoms with Gasteiger partial charge in [0.05, 0.1) is 25.9 Å². The van der Waals surface area contributed by atoms with Gasteiger partial charge in [-0.25, -0.2) is 4.98 Å². The van der Waals surface area contributed by atoms with Gasteiger partial charge in [0, 0.05) is 38.4 Å². The van der Waals surface area contributed by atoms with Gasteiger partial charge in [-0.15, -0.1) is 24.0 Å². The van der Waals surface area contributed by atoms with Crippen molar-refractivity contribution in [1.82, 2.24) is 15.6 Å². The summed E-state index contributed by atoms with van der Waals surface area (Å²) in [6, 6.07) is 12.4. The van der Waals surface area contributed by atoms with E-state index in [1.165, 1.54) is 5.56 Å². The number of ether oxygens (including phenoxy) is 2. The summed E-state index contributed by atoms with van der Waals surface area (Å²) in [5.74, 6) is 3.18. The number of hydrogen-bond donors (Lipinski definition) is 2. The topological polar surface area (TPSA) is 71.0 Å². The van der Waals surface area contributed by atoms with Crippen molar-refractivity contribution in [1.29, 1.82) is 0 Å². The summed E-state index contributed by atoms with van der Waals surface area (Å²) >= 11 is 0. The molecule has 1 atom stereocenters. The summed E-state index contributed by atoms with van der Waals surface area (Å²) in [6.45, 7) is 11.0. The third-order valence-electron chi connectivity index (χ3n) is 5.16. The first kappa shape index (κ1) is 26.2. The van der Waals surface area contributed by atoms with Crippen molar-refractivity contribution < 1.29 is 9.47 Å². The first-order valence-electron chi connectivity index (χ1n) is 11.0. The lowest BCUT2D eigenvalue weighted by molar-refractivity contribution is 0.122. The van der Waals surface area contributed by atoms with Crippen molar-refractivity contribution in [3.8, 4) is 5.75 Å². The fraction of sp³-hybridized carbons (Fsp3) is 0.500. The van der Waals surface area contributed by atoms with Crippen molar-refractivity contribution >= 4 is 35.8 Å². The highest BCUT2D eigenvalue weighted by atomic mass is 127. The van der Waals surface area contributed by atoms with Crippen LogP contribution in [0.5, 0.6) is 5.75 Å². The third-order valence-corrected chi connectivity index (χ3v) is 5.16. The maximum atomic E-state index is 5.78. The molecule has 0 spiro atoms. The standard InChI is InChI=1S/C24H35N5O2.HI/c1-18(2)17-31-22-9-7-20(8-10-22)19(3)28-24(25-4)27-16-21-6-5-11-26-23(21)29-12-14-30-15-13-29;/h5-11,18-19H,12-17H2,1-4H3,(H2,25,27,28);1H. The highest BCUT2D eigenvalue weighted by Gasteiger charge is 2.16. The minimum atomic E-state index is 0. The summed E-state index contributed by atoms with van der Waals surface area (Å²) in [6.07, 6.45) is 1.85. The molecule has 1 aliphatic rings. The number of aromatic nitrogens is 1. The van der Waals surface area contributed by atoms with E-state index in [0.29, 0.717) is 12.5 Å². The fourth-order valence-corrected chi connectivity index (χ4v) is 3.41. The van der Waals surface area contributed by atoms with E-state index >= 15 is 0 Å². The van der Waals surface area contributed by atoms with E-state index in [4.69, 9.17) is 9.47 Å². The zero-order valence-electron chi connectivity index (χ0n) is 19.5. The molecule has 7 nitrogen and oxygen atoms in total.